The topological polar surface area (TPSA) is 52.5 Å². The Hall–Kier alpha value is -1.55. The third-order valence-corrected chi connectivity index (χ3v) is 3.66. The average Bonchev–Trinajstić information content (AvgIpc) is 2.50. The van der Waals surface area contributed by atoms with Crippen LogP contribution >= 0.6 is 11.6 Å². The minimum absolute atomic E-state index is 0.00290. The lowest BCUT2D eigenvalue weighted by atomic mass is 9.98. The van der Waals surface area contributed by atoms with E-state index in [1.165, 1.54) is 0 Å². The number of rotatable bonds is 6. The molecule has 0 aromatic heterocycles. The first kappa shape index (κ1) is 15.8. The number of nitrogens with one attached hydrogen (secondary N) is 1. The van der Waals surface area contributed by atoms with Crippen molar-refractivity contribution >= 4 is 11.6 Å². The van der Waals surface area contributed by atoms with Crippen LogP contribution in [0.3, 0.4) is 0 Å². The van der Waals surface area contributed by atoms with Crippen molar-refractivity contribution in [2.24, 2.45) is 5.92 Å². The zero-order valence-corrected chi connectivity index (χ0v) is 12.7. The molecule has 2 aromatic rings. The van der Waals surface area contributed by atoms with Gasteiger partial charge < -0.3 is 15.5 Å². The SMILES string of the molecule is CC(CO)CNC(c1ccc(O)cc1)c1ccc(Cl)cc1. The van der Waals surface area contributed by atoms with Gasteiger partial charge in [-0.05, 0) is 41.3 Å². The van der Waals surface area contributed by atoms with Crippen LogP contribution in [0.2, 0.25) is 5.02 Å². The summed E-state index contributed by atoms with van der Waals surface area (Å²) >= 11 is 5.95. The van der Waals surface area contributed by atoms with Crippen molar-refractivity contribution in [3.63, 3.8) is 0 Å². The highest BCUT2D eigenvalue weighted by atomic mass is 35.5. The second-order valence-electron chi connectivity index (χ2n) is 5.27. The molecule has 0 spiro atoms. The number of hydrogen-bond donors (Lipinski definition) is 3. The summed E-state index contributed by atoms with van der Waals surface area (Å²) in [5.41, 5.74) is 2.15. The maximum atomic E-state index is 9.43. The Morgan fingerprint density at radius 3 is 2.05 bits per heavy atom. The summed E-state index contributed by atoms with van der Waals surface area (Å²) in [6, 6.07) is 14.8. The van der Waals surface area contributed by atoms with Crippen LogP contribution in [0.1, 0.15) is 24.1 Å². The van der Waals surface area contributed by atoms with E-state index in [-0.39, 0.29) is 24.3 Å². The molecule has 0 aliphatic rings. The Bertz CT molecular complexity index is 509. The van der Waals surface area contributed by atoms with Crippen molar-refractivity contribution in [1.29, 1.82) is 0 Å². The number of aliphatic hydroxyl groups excluding tert-OH is 1. The van der Waals surface area contributed by atoms with Crippen molar-refractivity contribution in [3.05, 3.63) is 64.7 Å². The molecule has 0 heterocycles. The molecule has 21 heavy (non-hydrogen) atoms. The van der Waals surface area contributed by atoms with Gasteiger partial charge in [-0.25, -0.2) is 0 Å². The Morgan fingerprint density at radius 2 is 1.52 bits per heavy atom. The van der Waals surface area contributed by atoms with Crippen LogP contribution in [-0.4, -0.2) is 23.4 Å². The Balaban J connectivity index is 2.25. The molecule has 0 aliphatic heterocycles. The minimum atomic E-state index is -0.00290. The molecule has 0 saturated heterocycles. The van der Waals surface area contributed by atoms with Gasteiger partial charge in [0.2, 0.25) is 0 Å². The van der Waals surface area contributed by atoms with Crippen LogP contribution in [0.15, 0.2) is 48.5 Å². The summed E-state index contributed by atoms with van der Waals surface area (Å²) < 4.78 is 0. The second-order valence-corrected chi connectivity index (χ2v) is 5.71. The molecule has 3 nitrogen and oxygen atoms in total. The molecule has 112 valence electrons. The van der Waals surface area contributed by atoms with Crippen molar-refractivity contribution in [1.82, 2.24) is 5.32 Å². The fourth-order valence-corrected chi connectivity index (χ4v) is 2.26. The summed E-state index contributed by atoms with van der Waals surface area (Å²) in [6.07, 6.45) is 0. The summed E-state index contributed by atoms with van der Waals surface area (Å²) in [6.45, 7) is 2.84. The number of aliphatic hydroxyl groups is 1. The first-order valence-corrected chi connectivity index (χ1v) is 7.36. The Kier molecular flexibility index (Phi) is 5.62. The molecule has 0 bridgehead atoms. The zero-order chi connectivity index (χ0) is 15.2. The molecule has 0 fully saturated rings. The molecule has 2 rings (SSSR count). The van der Waals surface area contributed by atoms with Crippen LogP contribution in [0, 0.1) is 5.92 Å². The van der Waals surface area contributed by atoms with Crippen LogP contribution in [-0.2, 0) is 0 Å². The normalized spacial score (nSPS) is 13.9. The van der Waals surface area contributed by atoms with Crippen LogP contribution < -0.4 is 5.32 Å². The van der Waals surface area contributed by atoms with Gasteiger partial charge in [-0.1, -0.05) is 42.8 Å². The lowest BCUT2D eigenvalue weighted by Gasteiger charge is -2.22. The van der Waals surface area contributed by atoms with E-state index < -0.39 is 0 Å². The molecular weight excluding hydrogens is 286 g/mol. The Morgan fingerprint density at radius 1 is 1.00 bits per heavy atom. The van der Waals surface area contributed by atoms with E-state index >= 15 is 0 Å². The number of aromatic hydroxyl groups is 1. The van der Waals surface area contributed by atoms with Gasteiger partial charge in [-0.15, -0.1) is 0 Å². The molecule has 2 unspecified atom stereocenters. The van der Waals surface area contributed by atoms with Gasteiger partial charge in [0, 0.05) is 18.2 Å². The van der Waals surface area contributed by atoms with E-state index in [9.17, 15) is 10.2 Å². The van der Waals surface area contributed by atoms with Crippen molar-refractivity contribution in [2.45, 2.75) is 13.0 Å². The number of phenols is 1. The predicted octanol–water partition coefficient (Wildman–Crippen LogP) is 3.35. The highest BCUT2D eigenvalue weighted by molar-refractivity contribution is 6.30. The first-order valence-electron chi connectivity index (χ1n) is 6.98. The van der Waals surface area contributed by atoms with Gasteiger partial charge in [-0.3, -0.25) is 0 Å². The van der Waals surface area contributed by atoms with Crippen molar-refractivity contribution in [2.75, 3.05) is 13.2 Å². The molecule has 3 N–H and O–H groups in total. The lowest BCUT2D eigenvalue weighted by molar-refractivity contribution is 0.232. The number of phenolic OH excluding ortho intramolecular Hbond substituents is 1. The highest BCUT2D eigenvalue weighted by Crippen LogP contribution is 2.25. The van der Waals surface area contributed by atoms with Crippen LogP contribution in [0.5, 0.6) is 5.75 Å². The quantitative estimate of drug-likeness (QED) is 0.767. The molecule has 2 atom stereocenters. The minimum Gasteiger partial charge on any atom is -0.508 e. The average molecular weight is 306 g/mol. The third-order valence-electron chi connectivity index (χ3n) is 3.41. The molecule has 0 amide bonds. The van der Waals surface area contributed by atoms with E-state index in [1.807, 2.05) is 43.3 Å². The van der Waals surface area contributed by atoms with Crippen molar-refractivity contribution < 1.29 is 10.2 Å². The zero-order valence-electron chi connectivity index (χ0n) is 12.0. The lowest BCUT2D eigenvalue weighted by Crippen LogP contribution is -2.28. The molecular formula is C17H20ClNO2. The maximum Gasteiger partial charge on any atom is 0.115 e. The Labute approximate surface area is 130 Å². The third kappa shape index (κ3) is 4.46. The van der Waals surface area contributed by atoms with Crippen LogP contribution in [0.4, 0.5) is 0 Å². The van der Waals surface area contributed by atoms with Crippen LogP contribution in [0.25, 0.3) is 0 Å². The van der Waals surface area contributed by atoms with Gasteiger partial charge in [0.15, 0.2) is 0 Å². The summed E-state index contributed by atoms with van der Waals surface area (Å²) in [5, 5.41) is 22.8. The van der Waals surface area contributed by atoms with E-state index in [0.29, 0.717) is 11.6 Å². The first-order chi connectivity index (χ1) is 10.1. The number of halogens is 1. The highest BCUT2D eigenvalue weighted by Gasteiger charge is 2.14. The number of hydrogen-bond acceptors (Lipinski definition) is 3. The molecule has 4 heteroatoms. The van der Waals surface area contributed by atoms with Gasteiger partial charge in [-0.2, -0.15) is 0 Å². The smallest absolute Gasteiger partial charge is 0.115 e. The van der Waals surface area contributed by atoms with E-state index in [4.69, 9.17) is 11.6 Å². The van der Waals surface area contributed by atoms with Gasteiger partial charge >= 0.3 is 0 Å². The monoisotopic (exact) mass is 305 g/mol. The molecule has 2 aromatic carbocycles. The summed E-state index contributed by atoms with van der Waals surface area (Å²) in [7, 11) is 0. The summed E-state index contributed by atoms with van der Waals surface area (Å²) in [4.78, 5) is 0. The van der Waals surface area contributed by atoms with Gasteiger partial charge in [0.05, 0.1) is 6.04 Å². The van der Waals surface area contributed by atoms with E-state index in [1.54, 1.807) is 12.1 Å². The summed E-state index contributed by atoms with van der Waals surface area (Å²) in [5.74, 6) is 0.425. The van der Waals surface area contributed by atoms with E-state index in [0.717, 1.165) is 11.1 Å². The molecule has 0 saturated carbocycles. The standard InChI is InChI=1S/C17H20ClNO2/c1-12(11-20)10-19-17(13-2-6-15(18)7-3-13)14-4-8-16(21)9-5-14/h2-9,12,17,19-21H,10-11H2,1H3. The predicted molar refractivity (Wildman–Crippen MR) is 85.7 cm³/mol. The number of benzene rings is 2. The van der Waals surface area contributed by atoms with E-state index in [2.05, 4.69) is 5.32 Å². The second kappa shape index (κ2) is 7.46. The van der Waals surface area contributed by atoms with Crippen molar-refractivity contribution in [3.8, 4) is 5.75 Å². The molecule has 0 radical (unpaired) electrons. The molecule has 0 aliphatic carbocycles. The van der Waals surface area contributed by atoms with Gasteiger partial charge in [0.1, 0.15) is 5.75 Å². The largest absolute Gasteiger partial charge is 0.508 e. The van der Waals surface area contributed by atoms with Gasteiger partial charge in [0.25, 0.3) is 0 Å². The maximum absolute atomic E-state index is 9.43. The fraction of sp³-hybridized carbons (Fsp3) is 0.294. The fourth-order valence-electron chi connectivity index (χ4n) is 2.13.